The SMILES string of the molecule is Cc1cc(-n2cc(C(=O)NCc3ccccc3C)nn2)ccc1F. The van der Waals surface area contributed by atoms with Crippen molar-refractivity contribution in [2.45, 2.75) is 20.4 Å². The number of carbonyl (C=O) groups is 1. The van der Waals surface area contributed by atoms with Crippen LogP contribution in [0, 0.1) is 19.7 Å². The van der Waals surface area contributed by atoms with E-state index in [9.17, 15) is 9.18 Å². The molecule has 0 saturated carbocycles. The molecule has 1 heterocycles. The Morgan fingerprint density at radius 2 is 1.96 bits per heavy atom. The van der Waals surface area contributed by atoms with Crippen molar-refractivity contribution in [3.8, 4) is 5.69 Å². The zero-order valence-electron chi connectivity index (χ0n) is 13.5. The highest BCUT2D eigenvalue weighted by atomic mass is 19.1. The van der Waals surface area contributed by atoms with Gasteiger partial charge in [0.15, 0.2) is 5.69 Å². The van der Waals surface area contributed by atoms with Crippen LogP contribution in [0.4, 0.5) is 4.39 Å². The zero-order valence-corrected chi connectivity index (χ0v) is 13.5. The standard InChI is InChI=1S/C18H17FN4O/c1-12-5-3-4-6-14(12)10-20-18(24)17-11-23(22-21-17)15-7-8-16(19)13(2)9-15/h3-9,11H,10H2,1-2H3,(H,20,24). The molecule has 0 radical (unpaired) electrons. The predicted octanol–water partition coefficient (Wildman–Crippen LogP) is 2.95. The summed E-state index contributed by atoms with van der Waals surface area (Å²) in [6.45, 7) is 4.09. The first kappa shape index (κ1) is 15.9. The Labute approximate surface area is 139 Å². The molecule has 0 aliphatic carbocycles. The van der Waals surface area contributed by atoms with Crippen LogP contribution >= 0.6 is 0 Å². The molecule has 0 fully saturated rings. The highest BCUT2D eigenvalue weighted by Crippen LogP contribution is 2.13. The van der Waals surface area contributed by atoms with E-state index in [1.807, 2.05) is 31.2 Å². The van der Waals surface area contributed by atoms with E-state index in [-0.39, 0.29) is 17.4 Å². The first-order valence-electron chi connectivity index (χ1n) is 7.56. The van der Waals surface area contributed by atoms with Crippen LogP contribution in [0.25, 0.3) is 5.69 Å². The number of carbonyl (C=O) groups excluding carboxylic acids is 1. The summed E-state index contributed by atoms with van der Waals surface area (Å²) in [4.78, 5) is 12.2. The summed E-state index contributed by atoms with van der Waals surface area (Å²) in [5, 5.41) is 10.6. The van der Waals surface area contributed by atoms with Gasteiger partial charge in [-0.3, -0.25) is 4.79 Å². The quantitative estimate of drug-likeness (QED) is 0.803. The van der Waals surface area contributed by atoms with Gasteiger partial charge in [-0.15, -0.1) is 5.10 Å². The van der Waals surface area contributed by atoms with Gasteiger partial charge in [0, 0.05) is 6.54 Å². The van der Waals surface area contributed by atoms with Gasteiger partial charge < -0.3 is 5.32 Å². The number of aryl methyl sites for hydroxylation is 2. The third kappa shape index (κ3) is 3.32. The molecular formula is C18H17FN4O. The van der Waals surface area contributed by atoms with Crippen LogP contribution in [-0.2, 0) is 6.54 Å². The maximum atomic E-state index is 13.3. The number of halogens is 1. The van der Waals surface area contributed by atoms with Crippen LogP contribution in [0.1, 0.15) is 27.2 Å². The molecule has 3 rings (SSSR count). The minimum Gasteiger partial charge on any atom is -0.347 e. The van der Waals surface area contributed by atoms with E-state index in [2.05, 4.69) is 15.6 Å². The van der Waals surface area contributed by atoms with E-state index < -0.39 is 0 Å². The molecule has 0 aliphatic heterocycles. The lowest BCUT2D eigenvalue weighted by molar-refractivity contribution is 0.0946. The highest BCUT2D eigenvalue weighted by Gasteiger charge is 2.12. The fraction of sp³-hybridized carbons (Fsp3) is 0.167. The Morgan fingerprint density at radius 3 is 2.71 bits per heavy atom. The summed E-state index contributed by atoms with van der Waals surface area (Å²) in [6, 6.07) is 12.5. The monoisotopic (exact) mass is 324 g/mol. The van der Waals surface area contributed by atoms with Crippen molar-refractivity contribution in [3.05, 3.63) is 76.9 Å². The van der Waals surface area contributed by atoms with Gasteiger partial charge in [0.2, 0.25) is 0 Å². The number of hydrogen-bond acceptors (Lipinski definition) is 3. The Hall–Kier alpha value is -3.02. The summed E-state index contributed by atoms with van der Waals surface area (Å²) >= 11 is 0. The smallest absolute Gasteiger partial charge is 0.273 e. The first-order valence-corrected chi connectivity index (χ1v) is 7.56. The van der Waals surface area contributed by atoms with Crippen LogP contribution < -0.4 is 5.32 Å². The van der Waals surface area contributed by atoms with Crippen LogP contribution in [0.5, 0.6) is 0 Å². The Balaban J connectivity index is 1.72. The molecule has 5 nitrogen and oxygen atoms in total. The molecular weight excluding hydrogens is 307 g/mol. The molecule has 1 aromatic heterocycles. The van der Waals surface area contributed by atoms with Crippen molar-refractivity contribution in [1.29, 1.82) is 0 Å². The number of aromatic nitrogens is 3. The molecule has 3 aromatic rings. The molecule has 0 unspecified atom stereocenters. The van der Waals surface area contributed by atoms with Gasteiger partial charge in [-0.2, -0.15) is 0 Å². The Morgan fingerprint density at radius 1 is 1.17 bits per heavy atom. The average molecular weight is 324 g/mol. The van der Waals surface area contributed by atoms with E-state index in [4.69, 9.17) is 0 Å². The van der Waals surface area contributed by atoms with Crippen LogP contribution in [0.15, 0.2) is 48.7 Å². The van der Waals surface area contributed by atoms with E-state index in [0.717, 1.165) is 11.1 Å². The summed E-state index contributed by atoms with van der Waals surface area (Å²) in [5.74, 6) is -0.585. The van der Waals surface area contributed by atoms with Crippen molar-refractivity contribution >= 4 is 5.91 Å². The van der Waals surface area contributed by atoms with Crippen molar-refractivity contribution < 1.29 is 9.18 Å². The molecule has 0 bridgehead atoms. The van der Waals surface area contributed by atoms with Gasteiger partial charge in [0.1, 0.15) is 5.82 Å². The zero-order chi connectivity index (χ0) is 17.1. The van der Waals surface area contributed by atoms with Crippen LogP contribution in [0.3, 0.4) is 0 Å². The largest absolute Gasteiger partial charge is 0.347 e. The second kappa shape index (κ2) is 6.62. The van der Waals surface area contributed by atoms with Gasteiger partial charge in [-0.25, -0.2) is 9.07 Å². The summed E-state index contributed by atoms with van der Waals surface area (Å²) in [6.07, 6.45) is 1.53. The van der Waals surface area contributed by atoms with Gasteiger partial charge in [0.05, 0.1) is 11.9 Å². The van der Waals surface area contributed by atoms with Gasteiger partial charge in [0.25, 0.3) is 5.91 Å². The molecule has 0 atom stereocenters. The molecule has 6 heteroatoms. The van der Waals surface area contributed by atoms with Gasteiger partial charge in [-0.1, -0.05) is 29.5 Å². The molecule has 0 saturated heterocycles. The van der Waals surface area contributed by atoms with E-state index in [1.165, 1.54) is 16.9 Å². The topological polar surface area (TPSA) is 59.8 Å². The Bertz CT molecular complexity index is 888. The summed E-state index contributed by atoms with van der Waals surface area (Å²) < 4.78 is 14.8. The Kier molecular flexibility index (Phi) is 4.37. The van der Waals surface area contributed by atoms with Gasteiger partial charge in [-0.05, 0) is 48.7 Å². The molecule has 2 aromatic carbocycles. The molecule has 0 spiro atoms. The lowest BCUT2D eigenvalue weighted by Crippen LogP contribution is -2.23. The average Bonchev–Trinajstić information content (AvgIpc) is 3.06. The van der Waals surface area contributed by atoms with Gasteiger partial charge >= 0.3 is 0 Å². The minimum absolute atomic E-state index is 0.213. The maximum absolute atomic E-state index is 13.3. The van der Waals surface area contributed by atoms with Crippen molar-refractivity contribution in [2.75, 3.05) is 0 Å². The summed E-state index contributed by atoms with van der Waals surface area (Å²) in [7, 11) is 0. The third-order valence-corrected chi connectivity index (χ3v) is 3.83. The van der Waals surface area contributed by atoms with E-state index in [1.54, 1.807) is 19.1 Å². The lowest BCUT2D eigenvalue weighted by atomic mass is 10.1. The van der Waals surface area contributed by atoms with Crippen molar-refractivity contribution in [2.24, 2.45) is 0 Å². The van der Waals surface area contributed by atoms with Crippen molar-refractivity contribution in [3.63, 3.8) is 0 Å². The predicted molar refractivity (Wildman–Crippen MR) is 88.4 cm³/mol. The number of hydrogen-bond donors (Lipinski definition) is 1. The molecule has 24 heavy (non-hydrogen) atoms. The van der Waals surface area contributed by atoms with Crippen molar-refractivity contribution in [1.82, 2.24) is 20.3 Å². The van der Waals surface area contributed by atoms with Crippen LogP contribution in [-0.4, -0.2) is 20.9 Å². The fourth-order valence-electron chi connectivity index (χ4n) is 2.34. The van der Waals surface area contributed by atoms with E-state index in [0.29, 0.717) is 17.8 Å². The number of rotatable bonds is 4. The molecule has 1 N–H and O–H groups in total. The second-order valence-corrected chi connectivity index (χ2v) is 5.59. The second-order valence-electron chi connectivity index (χ2n) is 5.59. The lowest BCUT2D eigenvalue weighted by Gasteiger charge is -2.06. The molecule has 122 valence electrons. The highest BCUT2D eigenvalue weighted by molar-refractivity contribution is 5.91. The van der Waals surface area contributed by atoms with Crippen LogP contribution in [0.2, 0.25) is 0 Å². The number of benzene rings is 2. The summed E-state index contributed by atoms with van der Waals surface area (Å²) in [5.41, 5.74) is 3.54. The number of nitrogens with one attached hydrogen (secondary N) is 1. The first-order chi connectivity index (χ1) is 11.5. The fourth-order valence-corrected chi connectivity index (χ4v) is 2.34. The normalized spacial score (nSPS) is 10.6. The minimum atomic E-state index is -0.302. The van der Waals surface area contributed by atoms with E-state index >= 15 is 0 Å². The molecule has 1 amide bonds. The third-order valence-electron chi connectivity index (χ3n) is 3.83. The number of amides is 1. The molecule has 0 aliphatic rings. The number of nitrogens with zero attached hydrogens (tertiary/aromatic N) is 3. The maximum Gasteiger partial charge on any atom is 0.273 e.